The van der Waals surface area contributed by atoms with Gasteiger partial charge in [0.15, 0.2) is 0 Å². The summed E-state index contributed by atoms with van der Waals surface area (Å²) in [6, 6.07) is 13.4. The Bertz CT molecular complexity index is 633. The molecule has 20 heavy (non-hydrogen) atoms. The molecule has 0 saturated heterocycles. The number of rotatable bonds is 4. The highest BCUT2D eigenvalue weighted by Crippen LogP contribution is 2.22. The van der Waals surface area contributed by atoms with E-state index in [1.165, 1.54) is 6.92 Å². The summed E-state index contributed by atoms with van der Waals surface area (Å²) in [7, 11) is 0. The number of carbonyl (C=O) groups excluding carboxylic acids is 1. The van der Waals surface area contributed by atoms with Crippen molar-refractivity contribution < 1.29 is 4.79 Å². The fourth-order valence-corrected chi connectivity index (χ4v) is 1.51. The maximum Gasteiger partial charge on any atom is 0.221 e. The van der Waals surface area contributed by atoms with Crippen LogP contribution in [-0.4, -0.2) is 5.91 Å². The average molecular weight is 268 g/mol. The fraction of sp³-hybridized carbons (Fsp3) is 0.0714. The van der Waals surface area contributed by atoms with Gasteiger partial charge in [-0.15, -0.1) is 4.91 Å². The third-order valence-electron chi connectivity index (χ3n) is 2.42. The molecule has 0 spiro atoms. The lowest BCUT2D eigenvalue weighted by molar-refractivity contribution is -0.114. The van der Waals surface area contributed by atoms with Crippen LogP contribution in [0.25, 0.3) is 0 Å². The Hall–Kier alpha value is -2.89. The molecule has 6 nitrogen and oxygen atoms in total. The zero-order chi connectivity index (χ0) is 14.4. The lowest BCUT2D eigenvalue weighted by Crippen LogP contribution is -2.04. The predicted molar refractivity (Wildman–Crippen MR) is 76.8 cm³/mol. The summed E-state index contributed by atoms with van der Waals surface area (Å²) in [5.74, 6) is -0.122. The first kappa shape index (κ1) is 13.5. The molecule has 2 rings (SSSR count). The average Bonchev–Trinajstić information content (AvgIpc) is 2.46. The number of azo groups is 1. The van der Waals surface area contributed by atoms with E-state index in [4.69, 9.17) is 0 Å². The lowest BCUT2D eigenvalue weighted by Gasteiger charge is -2.00. The quantitative estimate of drug-likeness (QED) is 0.655. The van der Waals surface area contributed by atoms with Gasteiger partial charge < -0.3 is 5.32 Å². The number of nitrogens with one attached hydrogen (secondary N) is 1. The topological polar surface area (TPSA) is 83.2 Å². The number of anilines is 1. The molecule has 0 saturated carbocycles. The van der Waals surface area contributed by atoms with E-state index in [-0.39, 0.29) is 5.91 Å². The van der Waals surface area contributed by atoms with Crippen LogP contribution in [0.2, 0.25) is 0 Å². The normalized spacial score (nSPS) is 10.4. The van der Waals surface area contributed by atoms with Crippen LogP contribution < -0.4 is 5.32 Å². The van der Waals surface area contributed by atoms with Crippen LogP contribution >= 0.6 is 0 Å². The Morgan fingerprint density at radius 2 is 1.30 bits per heavy atom. The highest BCUT2D eigenvalue weighted by atomic mass is 16.3. The van der Waals surface area contributed by atoms with Gasteiger partial charge in [-0.25, -0.2) is 0 Å². The second-order valence-electron chi connectivity index (χ2n) is 4.04. The van der Waals surface area contributed by atoms with Crippen LogP contribution in [0.15, 0.2) is 63.9 Å². The van der Waals surface area contributed by atoms with E-state index in [0.29, 0.717) is 22.7 Å². The largest absolute Gasteiger partial charge is 0.326 e. The van der Waals surface area contributed by atoms with E-state index >= 15 is 0 Å². The Morgan fingerprint density at radius 3 is 1.75 bits per heavy atom. The number of nitrogens with zero attached hydrogens (tertiary/aromatic N) is 3. The summed E-state index contributed by atoms with van der Waals surface area (Å²) in [4.78, 5) is 21.1. The summed E-state index contributed by atoms with van der Waals surface area (Å²) in [6.07, 6.45) is 0. The number of carbonyl (C=O) groups is 1. The highest BCUT2D eigenvalue weighted by molar-refractivity contribution is 5.88. The summed E-state index contributed by atoms with van der Waals surface area (Å²) >= 11 is 0. The minimum absolute atomic E-state index is 0.122. The van der Waals surface area contributed by atoms with Crippen molar-refractivity contribution in [2.24, 2.45) is 15.4 Å². The molecular formula is C14H12N4O2. The number of nitroso groups, excluding NO2 is 1. The van der Waals surface area contributed by atoms with Gasteiger partial charge in [0.1, 0.15) is 5.69 Å². The molecule has 0 heterocycles. The van der Waals surface area contributed by atoms with Crippen molar-refractivity contribution in [3.8, 4) is 0 Å². The molecule has 0 radical (unpaired) electrons. The Morgan fingerprint density at radius 1 is 0.850 bits per heavy atom. The van der Waals surface area contributed by atoms with Crippen LogP contribution in [0, 0.1) is 4.91 Å². The molecule has 0 fully saturated rings. The second kappa shape index (κ2) is 6.33. The predicted octanol–water partition coefficient (Wildman–Crippen LogP) is 4.46. The smallest absolute Gasteiger partial charge is 0.221 e. The molecule has 1 N–H and O–H groups in total. The molecule has 2 aromatic carbocycles. The van der Waals surface area contributed by atoms with Gasteiger partial charge in [0.25, 0.3) is 0 Å². The molecule has 6 heteroatoms. The van der Waals surface area contributed by atoms with Crippen LogP contribution in [0.5, 0.6) is 0 Å². The first-order valence-corrected chi connectivity index (χ1v) is 5.90. The molecule has 0 aromatic heterocycles. The van der Waals surface area contributed by atoms with E-state index in [1.54, 1.807) is 48.5 Å². The first-order chi connectivity index (χ1) is 9.67. The van der Waals surface area contributed by atoms with Crippen LogP contribution in [0.4, 0.5) is 22.7 Å². The minimum atomic E-state index is -0.122. The Kier molecular flexibility index (Phi) is 4.28. The number of hydrogen-bond donors (Lipinski definition) is 1. The van der Waals surface area contributed by atoms with Crippen molar-refractivity contribution in [1.29, 1.82) is 0 Å². The van der Waals surface area contributed by atoms with Crippen LogP contribution in [-0.2, 0) is 4.79 Å². The van der Waals surface area contributed by atoms with E-state index < -0.39 is 0 Å². The highest BCUT2D eigenvalue weighted by Gasteiger charge is 1.96. The van der Waals surface area contributed by atoms with Crippen molar-refractivity contribution in [1.82, 2.24) is 0 Å². The number of amides is 1. The van der Waals surface area contributed by atoms with E-state index in [9.17, 15) is 9.70 Å². The Labute approximate surface area is 115 Å². The van der Waals surface area contributed by atoms with Crippen LogP contribution in [0.3, 0.4) is 0 Å². The Balaban J connectivity index is 2.06. The first-order valence-electron chi connectivity index (χ1n) is 5.90. The van der Waals surface area contributed by atoms with E-state index in [1.807, 2.05) is 0 Å². The third-order valence-corrected chi connectivity index (χ3v) is 2.42. The monoisotopic (exact) mass is 268 g/mol. The van der Waals surface area contributed by atoms with Gasteiger partial charge in [0.05, 0.1) is 11.4 Å². The van der Waals surface area contributed by atoms with Crippen molar-refractivity contribution in [3.63, 3.8) is 0 Å². The van der Waals surface area contributed by atoms with Crippen molar-refractivity contribution in [2.75, 3.05) is 5.32 Å². The third kappa shape index (κ3) is 3.81. The van der Waals surface area contributed by atoms with Crippen molar-refractivity contribution in [2.45, 2.75) is 6.92 Å². The molecule has 2 aromatic rings. The molecule has 0 atom stereocenters. The molecule has 100 valence electrons. The molecule has 0 aliphatic heterocycles. The van der Waals surface area contributed by atoms with E-state index in [2.05, 4.69) is 20.7 Å². The van der Waals surface area contributed by atoms with Crippen LogP contribution in [0.1, 0.15) is 6.92 Å². The fourth-order valence-electron chi connectivity index (χ4n) is 1.51. The summed E-state index contributed by atoms with van der Waals surface area (Å²) in [5, 5.41) is 13.6. The van der Waals surface area contributed by atoms with Gasteiger partial charge in [0, 0.05) is 12.6 Å². The summed E-state index contributed by atoms with van der Waals surface area (Å²) in [6.45, 7) is 1.45. The summed E-state index contributed by atoms with van der Waals surface area (Å²) in [5.41, 5.74) is 2.35. The second-order valence-corrected chi connectivity index (χ2v) is 4.04. The molecule has 0 aliphatic carbocycles. The van der Waals surface area contributed by atoms with Gasteiger partial charge in [-0.05, 0) is 53.7 Å². The molecule has 0 aliphatic rings. The maximum atomic E-state index is 10.9. The zero-order valence-electron chi connectivity index (χ0n) is 10.8. The molecule has 0 unspecified atom stereocenters. The van der Waals surface area contributed by atoms with Gasteiger partial charge in [0.2, 0.25) is 5.91 Å². The van der Waals surface area contributed by atoms with E-state index in [0.717, 1.165) is 0 Å². The van der Waals surface area contributed by atoms with Gasteiger partial charge in [-0.1, -0.05) is 0 Å². The molecule has 0 bridgehead atoms. The maximum absolute atomic E-state index is 10.9. The summed E-state index contributed by atoms with van der Waals surface area (Å²) < 4.78 is 0. The van der Waals surface area contributed by atoms with Gasteiger partial charge in [-0.3, -0.25) is 4.79 Å². The van der Waals surface area contributed by atoms with Gasteiger partial charge >= 0.3 is 0 Å². The van der Waals surface area contributed by atoms with Crippen molar-refractivity contribution in [3.05, 3.63) is 53.4 Å². The lowest BCUT2D eigenvalue weighted by atomic mass is 10.3. The standard InChI is InChI=1S/C14H12N4O2/c1-10(19)15-11-2-4-12(5-3-11)16-17-13-6-8-14(18-20)9-7-13/h2-9H,1H3,(H,15,19). The minimum Gasteiger partial charge on any atom is -0.326 e. The molecular weight excluding hydrogens is 256 g/mol. The van der Waals surface area contributed by atoms with Gasteiger partial charge in [-0.2, -0.15) is 10.2 Å². The zero-order valence-corrected chi connectivity index (χ0v) is 10.8. The SMILES string of the molecule is CC(=O)Nc1ccc(N=Nc2ccc(N=O)cc2)cc1. The number of benzene rings is 2. The van der Waals surface area contributed by atoms with Crippen molar-refractivity contribution >= 4 is 28.7 Å². The number of hydrogen-bond acceptors (Lipinski definition) is 5. The molecule has 1 amide bonds.